The first-order chi connectivity index (χ1) is 12.2. The lowest BCUT2D eigenvalue weighted by molar-refractivity contribution is -0.124. The fourth-order valence-corrected chi connectivity index (χ4v) is 4.27. The molecule has 2 aliphatic heterocycles. The van der Waals surface area contributed by atoms with Crippen LogP contribution >= 0.6 is 0 Å². The molecule has 1 aromatic carbocycles. The lowest BCUT2D eigenvalue weighted by Gasteiger charge is -2.32. The summed E-state index contributed by atoms with van der Waals surface area (Å²) in [6.07, 6.45) is 2.91. The van der Waals surface area contributed by atoms with Crippen molar-refractivity contribution < 1.29 is 14.3 Å². The molecule has 3 fully saturated rings. The van der Waals surface area contributed by atoms with Crippen molar-refractivity contribution in [3.8, 4) is 5.75 Å². The first-order valence-electron chi connectivity index (χ1n) is 9.43. The molecule has 0 unspecified atom stereocenters. The van der Waals surface area contributed by atoms with Crippen molar-refractivity contribution in [1.29, 1.82) is 0 Å². The van der Waals surface area contributed by atoms with Crippen molar-refractivity contribution in [3.63, 3.8) is 0 Å². The smallest absolute Gasteiger partial charge is 0.220 e. The van der Waals surface area contributed by atoms with E-state index < -0.39 is 0 Å². The molecule has 0 aromatic heterocycles. The average Bonchev–Trinajstić information content (AvgIpc) is 3.32. The third-order valence-corrected chi connectivity index (χ3v) is 5.79. The summed E-state index contributed by atoms with van der Waals surface area (Å²) in [6, 6.07) is 8.76. The van der Waals surface area contributed by atoms with Gasteiger partial charge in [-0.2, -0.15) is 0 Å². The largest absolute Gasteiger partial charge is 0.497 e. The van der Waals surface area contributed by atoms with Gasteiger partial charge < -0.3 is 14.8 Å². The Hall–Kier alpha value is -1.59. The molecule has 136 valence electrons. The number of hydrogen-bond donors (Lipinski definition) is 1. The van der Waals surface area contributed by atoms with Crippen molar-refractivity contribution in [2.24, 2.45) is 17.8 Å². The van der Waals surface area contributed by atoms with Crippen molar-refractivity contribution in [1.82, 2.24) is 10.2 Å². The summed E-state index contributed by atoms with van der Waals surface area (Å²) in [5, 5.41) is 3.12. The first-order valence-corrected chi connectivity index (χ1v) is 9.43. The summed E-state index contributed by atoms with van der Waals surface area (Å²) in [6.45, 7) is 4.66. The van der Waals surface area contributed by atoms with Gasteiger partial charge in [-0.3, -0.25) is 9.69 Å². The molecule has 0 radical (unpaired) electrons. The highest BCUT2D eigenvalue weighted by Crippen LogP contribution is 2.36. The van der Waals surface area contributed by atoms with E-state index in [0.29, 0.717) is 30.2 Å². The fourth-order valence-electron chi connectivity index (χ4n) is 4.27. The van der Waals surface area contributed by atoms with Gasteiger partial charge in [0.05, 0.1) is 20.3 Å². The number of likely N-dealkylation sites (tertiary alicyclic amines) is 1. The predicted molar refractivity (Wildman–Crippen MR) is 95.3 cm³/mol. The molecule has 2 saturated heterocycles. The second kappa shape index (κ2) is 7.34. The van der Waals surface area contributed by atoms with Gasteiger partial charge in [0.2, 0.25) is 5.91 Å². The number of ether oxygens (including phenoxy) is 2. The van der Waals surface area contributed by atoms with Gasteiger partial charge in [0.1, 0.15) is 5.75 Å². The third-order valence-electron chi connectivity index (χ3n) is 5.79. The average molecular weight is 344 g/mol. The molecule has 0 spiro atoms. The summed E-state index contributed by atoms with van der Waals surface area (Å²) < 4.78 is 11.1. The Morgan fingerprint density at radius 1 is 1.24 bits per heavy atom. The molecule has 1 N–H and O–H groups in total. The van der Waals surface area contributed by atoms with Gasteiger partial charge >= 0.3 is 0 Å². The van der Waals surface area contributed by atoms with E-state index in [0.717, 1.165) is 51.4 Å². The quantitative estimate of drug-likeness (QED) is 0.858. The predicted octanol–water partition coefficient (Wildman–Crippen LogP) is 2.06. The van der Waals surface area contributed by atoms with E-state index in [1.165, 1.54) is 5.56 Å². The summed E-state index contributed by atoms with van der Waals surface area (Å²) in [7, 11) is 1.69. The van der Waals surface area contributed by atoms with Crippen molar-refractivity contribution >= 4 is 5.91 Å². The van der Waals surface area contributed by atoms with Crippen LogP contribution in [0.3, 0.4) is 0 Å². The molecule has 1 aromatic rings. The molecule has 5 nitrogen and oxygen atoms in total. The Morgan fingerprint density at radius 2 is 2.04 bits per heavy atom. The normalized spacial score (nSPS) is 29.2. The van der Waals surface area contributed by atoms with E-state index in [1.54, 1.807) is 7.11 Å². The van der Waals surface area contributed by atoms with Gasteiger partial charge in [0, 0.05) is 32.1 Å². The van der Waals surface area contributed by atoms with Crippen molar-refractivity contribution in [3.05, 3.63) is 29.8 Å². The van der Waals surface area contributed by atoms with E-state index in [2.05, 4.69) is 22.3 Å². The van der Waals surface area contributed by atoms with Crippen LogP contribution in [0.25, 0.3) is 0 Å². The van der Waals surface area contributed by atoms with Crippen LogP contribution in [-0.2, 0) is 16.1 Å². The van der Waals surface area contributed by atoms with E-state index in [-0.39, 0.29) is 5.91 Å². The molecule has 25 heavy (non-hydrogen) atoms. The Bertz CT molecular complexity index is 599. The van der Waals surface area contributed by atoms with Crippen LogP contribution < -0.4 is 10.1 Å². The molecule has 3 atom stereocenters. The van der Waals surface area contributed by atoms with Crippen LogP contribution in [0, 0.1) is 17.8 Å². The summed E-state index contributed by atoms with van der Waals surface area (Å²) in [4.78, 5) is 14.7. The maximum Gasteiger partial charge on any atom is 0.220 e. The number of fused-ring (bicyclic) bond motifs is 1. The van der Waals surface area contributed by atoms with Crippen LogP contribution in [-0.4, -0.2) is 50.3 Å². The van der Waals surface area contributed by atoms with E-state index in [9.17, 15) is 4.79 Å². The second-order valence-electron chi connectivity index (χ2n) is 7.81. The highest BCUT2D eigenvalue weighted by Gasteiger charge is 2.41. The number of methoxy groups -OCH3 is 1. The SMILES string of the molecule is COc1ccc(CN2C[C@@H]3COC[C@@H](CC(=O)NC4CC4)[C@@H]3C2)cc1. The van der Waals surface area contributed by atoms with Gasteiger partial charge in [-0.05, 0) is 48.3 Å². The maximum atomic E-state index is 12.2. The number of amides is 1. The number of carbonyl (C=O) groups is 1. The molecule has 1 saturated carbocycles. The molecule has 0 bridgehead atoms. The number of rotatable bonds is 6. The molecule has 4 rings (SSSR count). The van der Waals surface area contributed by atoms with Crippen LogP contribution in [0.5, 0.6) is 5.75 Å². The zero-order valence-electron chi connectivity index (χ0n) is 14.9. The molecule has 3 aliphatic rings. The number of benzene rings is 1. The lowest BCUT2D eigenvalue weighted by atomic mass is 9.81. The summed E-state index contributed by atoms with van der Waals surface area (Å²) >= 11 is 0. The summed E-state index contributed by atoms with van der Waals surface area (Å²) in [5.74, 6) is 2.61. The minimum atomic E-state index is 0.213. The number of carbonyl (C=O) groups excluding carboxylic acids is 1. The maximum absolute atomic E-state index is 12.2. The minimum Gasteiger partial charge on any atom is -0.497 e. The Morgan fingerprint density at radius 3 is 2.76 bits per heavy atom. The van der Waals surface area contributed by atoms with Crippen molar-refractivity contribution in [2.75, 3.05) is 33.4 Å². The molecular formula is C20H28N2O3. The van der Waals surface area contributed by atoms with Crippen LogP contribution in [0.1, 0.15) is 24.8 Å². The minimum absolute atomic E-state index is 0.213. The lowest BCUT2D eigenvalue weighted by Crippen LogP contribution is -2.38. The highest BCUT2D eigenvalue weighted by atomic mass is 16.5. The van der Waals surface area contributed by atoms with Crippen molar-refractivity contribution in [2.45, 2.75) is 31.8 Å². The Labute approximate surface area is 149 Å². The zero-order valence-corrected chi connectivity index (χ0v) is 14.9. The number of nitrogens with one attached hydrogen (secondary N) is 1. The van der Waals surface area contributed by atoms with Crippen LogP contribution in [0.2, 0.25) is 0 Å². The van der Waals surface area contributed by atoms with Crippen LogP contribution in [0.4, 0.5) is 0 Å². The number of nitrogens with zero attached hydrogens (tertiary/aromatic N) is 1. The molecular weight excluding hydrogens is 316 g/mol. The Balaban J connectivity index is 1.33. The van der Waals surface area contributed by atoms with Gasteiger partial charge in [-0.25, -0.2) is 0 Å². The van der Waals surface area contributed by atoms with E-state index in [4.69, 9.17) is 9.47 Å². The van der Waals surface area contributed by atoms with Gasteiger partial charge in [0.25, 0.3) is 0 Å². The van der Waals surface area contributed by atoms with Gasteiger partial charge in [0.15, 0.2) is 0 Å². The Kier molecular flexibility index (Phi) is 4.95. The van der Waals surface area contributed by atoms with E-state index >= 15 is 0 Å². The summed E-state index contributed by atoms with van der Waals surface area (Å²) in [5.41, 5.74) is 1.31. The third kappa shape index (κ3) is 4.15. The zero-order chi connectivity index (χ0) is 17.2. The van der Waals surface area contributed by atoms with Crippen LogP contribution in [0.15, 0.2) is 24.3 Å². The van der Waals surface area contributed by atoms with Gasteiger partial charge in [-0.15, -0.1) is 0 Å². The topological polar surface area (TPSA) is 50.8 Å². The molecule has 1 amide bonds. The monoisotopic (exact) mass is 344 g/mol. The van der Waals surface area contributed by atoms with Gasteiger partial charge in [-0.1, -0.05) is 12.1 Å². The number of hydrogen-bond acceptors (Lipinski definition) is 4. The fraction of sp³-hybridized carbons (Fsp3) is 0.650. The molecule has 5 heteroatoms. The molecule has 1 aliphatic carbocycles. The second-order valence-corrected chi connectivity index (χ2v) is 7.81. The standard InChI is InChI=1S/C20H28N2O3/c1-24-18-6-2-14(3-7-18)9-22-10-16-13-25-12-15(19(16)11-22)8-20(23)21-17-4-5-17/h2-3,6-7,15-17,19H,4-5,8-13H2,1H3,(H,21,23)/t15-,16-,19+/m1/s1. The van der Waals surface area contributed by atoms with E-state index in [1.807, 2.05) is 12.1 Å². The first kappa shape index (κ1) is 16.9. The molecule has 2 heterocycles. The highest BCUT2D eigenvalue weighted by molar-refractivity contribution is 5.76.